The van der Waals surface area contributed by atoms with E-state index in [1.807, 2.05) is 55.4 Å². The molecule has 2 aromatic carbocycles. The number of para-hydroxylation sites is 1. The Hall–Kier alpha value is -2.74. The third-order valence-corrected chi connectivity index (χ3v) is 12.8. The van der Waals surface area contributed by atoms with Gasteiger partial charge < -0.3 is 25.8 Å². The van der Waals surface area contributed by atoms with Crippen LogP contribution in [-0.4, -0.2) is 94.1 Å². The first-order valence-corrected chi connectivity index (χ1v) is 18.8. The number of hydrogen-bond acceptors (Lipinski definition) is 9. The summed E-state index contributed by atoms with van der Waals surface area (Å²) in [4.78, 5) is 22.5. The number of amides is 1. The van der Waals surface area contributed by atoms with Crippen LogP contribution in [0.1, 0.15) is 51.7 Å². The van der Waals surface area contributed by atoms with Crippen molar-refractivity contribution in [1.82, 2.24) is 14.7 Å². The number of nitrogens with two attached hydrogens (primary N) is 1. The Labute approximate surface area is 286 Å². The third kappa shape index (κ3) is 6.97. The van der Waals surface area contributed by atoms with Crippen LogP contribution in [0.4, 0.5) is 5.69 Å². The molecule has 1 aliphatic heterocycles. The SMILES string of the molecule is COc1c(CN2O[C@@H](CN)[C@H]([C@H](C)O)[C@H]2C(=O)N[C@H]2C[C@@H]3C[C@@H]([C@@H]2C)C3(C)C)cccc1-c1cc(CN(C)S(C)(=O)=O)cc(N(C)C)c1. The van der Waals surface area contributed by atoms with Crippen molar-refractivity contribution < 1.29 is 27.9 Å². The number of sulfonamides is 1. The summed E-state index contributed by atoms with van der Waals surface area (Å²) in [5.41, 5.74) is 10.7. The Morgan fingerprint density at radius 1 is 1.21 bits per heavy atom. The highest BCUT2D eigenvalue weighted by atomic mass is 32.2. The number of ether oxygens (including phenoxy) is 1. The minimum atomic E-state index is -3.38. The molecule has 11 nitrogen and oxygen atoms in total. The van der Waals surface area contributed by atoms with E-state index in [4.69, 9.17) is 15.3 Å². The second-order valence-corrected chi connectivity index (χ2v) is 17.2. The van der Waals surface area contributed by atoms with Crippen LogP contribution in [0.25, 0.3) is 11.1 Å². The van der Waals surface area contributed by atoms with Crippen LogP contribution in [0.15, 0.2) is 36.4 Å². The first kappa shape index (κ1) is 36.5. The molecule has 266 valence electrons. The molecule has 0 aromatic heterocycles. The fourth-order valence-electron chi connectivity index (χ4n) is 8.43. The Morgan fingerprint density at radius 2 is 1.92 bits per heavy atom. The van der Waals surface area contributed by atoms with Gasteiger partial charge in [-0.3, -0.25) is 9.63 Å². The van der Waals surface area contributed by atoms with E-state index in [1.165, 1.54) is 17.0 Å². The number of fused-ring (bicyclic) bond motifs is 2. The van der Waals surface area contributed by atoms with Gasteiger partial charge in [-0.25, -0.2) is 12.7 Å². The first-order valence-electron chi connectivity index (χ1n) is 17.0. The molecule has 1 heterocycles. The van der Waals surface area contributed by atoms with Gasteiger partial charge in [0, 0.05) is 63.0 Å². The lowest BCUT2D eigenvalue weighted by molar-refractivity contribution is -0.175. The van der Waals surface area contributed by atoms with E-state index in [0.717, 1.165) is 34.4 Å². The van der Waals surface area contributed by atoms with Crippen LogP contribution in [0.2, 0.25) is 0 Å². The first-order chi connectivity index (χ1) is 22.5. The largest absolute Gasteiger partial charge is 0.496 e. The van der Waals surface area contributed by atoms with Crippen molar-refractivity contribution in [2.24, 2.45) is 34.8 Å². The maximum absolute atomic E-state index is 14.2. The smallest absolute Gasteiger partial charge is 0.240 e. The number of methoxy groups -OCH3 is 1. The maximum atomic E-state index is 14.2. The van der Waals surface area contributed by atoms with Gasteiger partial charge in [0.25, 0.3) is 0 Å². The summed E-state index contributed by atoms with van der Waals surface area (Å²) in [6.07, 6.45) is 2.01. The van der Waals surface area contributed by atoms with Crippen molar-refractivity contribution in [2.45, 2.75) is 77.9 Å². The van der Waals surface area contributed by atoms with Crippen molar-refractivity contribution in [3.8, 4) is 16.9 Å². The highest BCUT2D eigenvalue weighted by molar-refractivity contribution is 7.88. The van der Waals surface area contributed by atoms with Gasteiger partial charge in [0.1, 0.15) is 11.8 Å². The van der Waals surface area contributed by atoms with E-state index < -0.39 is 34.2 Å². The molecule has 1 amide bonds. The number of benzene rings is 2. The molecule has 3 aliphatic carbocycles. The lowest BCUT2D eigenvalue weighted by atomic mass is 9.45. The molecule has 0 spiro atoms. The number of hydroxylamine groups is 2. The van der Waals surface area contributed by atoms with Gasteiger partial charge in [0.05, 0.1) is 32.1 Å². The van der Waals surface area contributed by atoms with Gasteiger partial charge in [-0.15, -0.1) is 0 Å². The summed E-state index contributed by atoms with van der Waals surface area (Å²) in [6, 6.07) is 11.2. The molecule has 1 saturated heterocycles. The number of carbonyl (C=O) groups is 1. The van der Waals surface area contributed by atoms with Gasteiger partial charge >= 0.3 is 0 Å². The summed E-state index contributed by atoms with van der Waals surface area (Å²) in [5, 5.41) is 16.0. The molecule has 48 heavy (non-hydrogen) atoms. The Balaban J connectivity index is 1.46. The topological polar surface area (TPSA) is 138 Å². The molecular formula is C36H55N5O6S. The number of anilines is 1. The van der Waals surface area contributed by atoms with E-state index in [1.54, 1.807) is 26.1 Å². The summed E-state index contributed by atoms with van der Waals surface area (Å²) in [6.45, 7) is 9.23. The van der Waals surface area contributed by atoms with Crippen LogP contribution < -0.4 is 20.7 Å². The lowest BCUT2D eigenvalue weighted by Gasteiger charge is -2.62. The van der Waals surface area contributed by atoms with E-state index in [0.29, 0.717) is 28.9 Å². The normalized spacial score (nSPS) is 29.0. The van der Waals surface area contributed by atoms with Gasteiger partial charge in [0.15, 0.2) is 0 Å². The van der Waals surface area contributed by atoms with Crippen molar-refractivity contribution in [1.29, 1.82) is 0 Å². The number of aliphatic hydroxyl groups excluding tert-OH is 1. The molecule has 4 fully saturated rings. The highest BCUT2D eigenvalue weighted by Gasteiger charge is 2.57. The Morgan fingerprint density at radius 3 is 2.48 bits per heavy atom. The molecule has 12 heteroatoms. The Bertz CT molecular complexity index is 1600. The van der Waals surface area contributed by atoms with E-state index in [2.05, 4.69) is 26.1 Å². The standard InChI is InChI=1S/C36H55N5O6S/c1-21-29-16-26(36(29,3)4)17-30(21)38-35(43)33-32(22(2)42)31(18-37)47-41(33)20-24-11-10-12-28(34(24)46-8)25-13-23(14-27(15-25)39(5)6)19-40(7)48(9,44)45/h10-15,21-22,26,29-33,42H,16-20,37H2,1-9H3,(H,38,43)/t21-,22-,26-,29-,30-,31-,32-,33-/m0/s1. The summed E-state index contributed by atoms with van der Waals surface area (Å²) < 4.78 is 31.8. The molecule has 2 aromatic rings. The van der Waals surface area contributed by atoms with Crippen molar-refractivity contribution in [3.05, 3.63) is 47.5 Å². The number of nitrogens with zero attached hydrogens (tertiary/aromatic N) is 3. The zero-order valence-corrected chi connectivity index (χ0v) is 30.8. The quantitative estimate of drug-likeness (QED) is 0.307. The molecule has 3 saturated carbocycles. The number of aliphatic hydroxyl groups is 1. The van der Waals surface area contributed by atoms with Crippen LogP contribution in [0.5, 0.6) is 5.75 Å². The fourth-order valence-corrected chi connectivity index (χ4v) is 8.81. The van der Waals surface area contributed by atoms with Crippen molar-refractivity contribution >= 4 is 21.6 Å². The Kier molecular flexibility index (Phi) is 10.6. The fraction of sp³-hybridized carbons (Fsp3) is 0.639. The minimum Gasteiger partial charge on any atom is -0.496 e. The second-order valence-electron chi connectivity index (χ2n) is 15.1. The summed E-state index contributed by atoms with van der Waals surface area (Å²) >= 11 is 0. The molecule has 0 unspecified atom stereocenters. The predicted octanol–water partition coefficient (Wildman–Crippen LogP) is 3.45. The highest BCUT2D eigenvalue weighted by Crippen LogP contribution is 2.61. The number of rotatable bonds is 12. The van der Waals surface area contributed by atoms with Gasteiger partial charge in [-0.05, 0) is 72.3 Å². The van der Waals surface area contributed by atoms with Crippen LogP contribution in [0.3, 0.4) is 0 Å². The van der Waals surface area contributed by atoms with Crippen molar-refractivity contribution in [3.63, 3.8) is 0 Å². The average molecular weight is 686 g/mol. The number of carbonyl (C=O) groups excluding carboxylic acids is 1. The van der Waals surface area contributed by atoms with E-state index in [-0.39, 0.29) is 31.6 Å². The van der Waals surface area contributed by atoms with Crippen molar-refractivity contribution in [2.75, 3.05) is 46.0 Å². The average Bonchev–Trinajstić information content (AvgIpc) is 3.39. The zero-order valence-electron chi connectivity index (χ0n) is 29.9. The molecule has 4 N–H and O–H groups in total. The van der Waals surface area contributed by atoms with Gasteiger partial charge in [0.2, 0.25) is 15.9 Å². The molecule has 0 radical (unpaired) electrons. The molecular weight excluding hydrogens is 630 g/mol. The predicted molar refractivity (Wildman–Crippen MR) is 189 cm³/mol. The minimum absolute atomic E-state index is 0.0699. The number of nitrogens with one attached hydrogen (secondary N) is 1. The van der Waals surface area contributed by atoms with E-state index in [9.17, 15) is 18.3 Å². The van der Waals surface area contributed by atoms with Crippen LogP contribution in [-0.2, 0) is 32.7 Å². The van der Waals surface area contributed by atoms with E-state index >= 15 is 0 Å². The molecule has 4 aliphatic rings. The van der Waals surface area contributed by atoms with Crippen LogP contribution in [0, 0.1) is 29.1 Å². The van der Waals surface area contributed by atoms with Gasteiger partial charge in [-0.1, -0.05) is 39.0 Å². The maximum Gasteiger partial charge on any atom is 0.240 e. The molecule has 2 bridgehead atoms. The summed E-state index contributed by atoms with van der Waals surface area (Å²) in [5.74, 6) is 1.48. The third-order valence-electron chi connectivity index (χ3n) is 11.5. The number of hydrogen-bond donors (Lipinski definition) is 3. The summed E-state index contributed by atoms with van der Waals surface area (Å²) in [7, 11) is 3.69. The molecule has 8 atom stereocenters. The van der Waals surface area contributed by atoms with Gasteiger partial charge in [-0.2, -0.15) is 5.06 Å². The zero-order chi connectivity index (χ0) is 35.3. The lowest BCUT2D eigenvalue weighted by Crippen LogP contribution is -2.62. The monoisotopic (exact) mass is 685 g/mol. The molecule has 6 rings (SSSR count). The van der Waals surface area contributed by atoms with Crippen LogP contribution >= 0.6 is 0 Å². The second kappa shape index (κ2) is 13.9.